The Morgan fingerprint density at radius 1 is 1.32 bits per heavy atom. The molecule has 2 aliphatic rings. The van der Waals surface area contributed by atoms with Crippen molar-refractivity contribution < 1.29 is 29.3 Å². The van der Waals surface area contributed by atoms with Gasteiger partial charge in [0.1, 0.15) is 12.4 Å². The predicted molar refractivity (Wildman–Crippen MR) is 107 cm³/mol. The summed E-state index contributed by atoms with van der Waals surface area (Å²) in [6.45, 7) is 1.00. The first-order valence-corrected chi connectivity index (χ1v) is 9.72. The van der Waals surface area contributed by atoms with Crippen LogP contribution in [0, 0.1) is 0 Å². The predicted octanol–water partition coefficient (Wildman–Crippen LogP) is 1.33. The van der Waals surface area contributed by atoms with Gasteiger partial charge in [-0.15, -0.1) is 0 Å². The molecule has 0 aliphatic carbocycles. The molecule has 2 aliphatic heterocycles. The first-order valence-electron chi connectivity index (χ1n) is 9.72. The fraction of sp³-hybridized carbons (Fsp3) is 0.273. The van der Waals surface area contributed by atoms with E-state index >= 15 is 0 Å². The summed E-state index contributed by atoms with van der Waals surface area (Å²) in [4.78, 5) is 41.4. The van der Waals surface area contributed by atoms with Crippen molar-refractivity contribution in [2.75, 3.05) is 6.61 Å². The highest BCUT2D eigenvalue weighted by Crippen LogP contribution is 2.39. The number of fused-ring (bicyclic) bond motifs is 5. The molecule has 2 aromatic heterocycles. The zero-order chi connectivity index (χ0) is 21.9. The second kappa shape index (κ2) is 6.64. The average Bonchev–Trinajstić information content (AvgIpc) is 3.08. The van der Waals surface area contributed by atoms with Gasteiger partial charge in [0.25, 0.3) is 5.56 Å². The number of pyridine rings is 2. The van der Waals surface area contributed by atoms with E-state index in [2.05, 4.69) is 4.98 Å². The molecule has 0 unspecified atom stereocenters. The standard InChI is InChI=1S/C22H18N2O7/c1-11(25)30-6-5-22(29)15-8-17-19-12(7-13-16(23-19)3-2-4-18(13)26)9-24(17)20(27)14(15)10-31-21(22)28/h2-4,7-8,26,29H,5-6,9-10H2,1H3/t22-/m0/s1. The van der Waals surface area contributed by atoms with E-state index in [4.69, 9.17) is 9.47 Å². The van der Waals surface area contributed by atoms with Crippen LogP contribution in [0.25, 0.3) is 22.3 Å². The normalized spacial score (nSPS) is 18.8. The molecule has 0 radical (unpaired) electrons. The van der Waals surface area contributed by atoms with Gasteiger partial charge < -0.3 is 24.3 Å². The van der Waals surface area contributed by atoms with Crippen molar-refractivity contribution in [2.24, 2.45) is 0 Å². The van der Waals surface area contributed by atoms with Crippen LogP contribution in [0.4, 0.5) is 0 Å². The van der Waals surface area contributed by atoms with E-state index in [0.29, 0.717) is 22.3 Å². The van der Waals surface area contributed by atoms with Gasteiger partial charge in [-0.2, -0.15) is 0 Å². The van der Waals surface area contributed by atoms with Crippen LogP contribution < -0.4 is 5.56 Å². The number of phenolic OH excluding ortho intramolecular Hbond substituents is 1. The quantitative estimate of drug-likeness (QED) is 0.473. The number of aliphatic hydroxyl groups is 1. The zero-order valence-corrected chi connectivity index (χ0v) is 16.5. The summed E-state index contributed by atoms with van der Waals surface area (Å²) in [5.74, 6) is -1.35. The van der Waals surface area contributed by atoms with Crippen molar-refractivity contribution in [3.8, 4) is 17.1 Å². The van der Waals surface area contributed by atoms with E-state index in [0.717, 1.165) is 5.56 Å². The number of benzene rings is 1. The average molecular weight is 422 g/mol. The summed E-state index contributed by atoms with van der Waals surface area (Å²) in [5.41, 5.74) is 0.106. The van der Waals surface area contributed by atoms with Crippen LogP contribution in [0.1, 0.15) is 30.0 Å². The summed E-state index contributed by atoms with van der Waals surface area (Å²) in [6, 6.07) is 8.36. The maximum Gasteiger partial charge on any atom is 0.343 e. The molecule has 0 spiro atoms. The topological polar surface area (TPSA) is 128 Å². The number of aromatic hydroxyl groups is 1. The van der Waals surface area contributed by atoms with Gasteiger partial charge in [-0.05, 0) is 24.3 Å². The lowest BCUT2D eigenvalue weighted by Crippen LogP contribution is -2.45. The largest absolute Gasteiger partial charge is 0.507 e. The molecule has 31 heavy (non-hydrogen) atoms. The van der Waals surface area contributed by atoms with Gasteiger partial charge in [-0.1, -0.05) is 6.07 Å². The Balaban J connectivity index is 1.68. The molecule has 0 saturated carbocycles. The SMILES string of the molecule is CC(=O)OCC[C@@]1(O)C(=O)OCc2c1cc1n(c2=O)Cc2cc3c(O)cccc3nc2-1. The molecule has 1 aromatic carbocycles. The number of carbonyl (C=O) groups is 2. The molecule has 5 rings (SSSR count). The van der Waals surface area contributed by atoms with Gasteiger partial charge in [-0.25, -0.2) is 9.78 Å². The smallest absolute Gasteiger partial charge is 0.343 e. The second-order valence-electron chi connectivity index (χ2n) is 7.68. The van der Waals surface area contributed by atoms with E-state index in [-0.39, 0.29) is 43.1 Å². The van der Waals surface area contributed by atoms with Gasteiger partial charge in [0.05, 0.1) is 35.6 Å². The van der Waals surface area contributed by atoms with E-state index in [1.54, 1.807) is 30.3 Å². The summed E-state index contributed by atoms with van der Waals surface area (Å²) in [5, 5.41) is 21.9. The molecule has 0 saturated heterocycles. The Bertz CT molecular complexity index is 1340. The van der Waals surface area contributed by atoms with E-state index in [1.807, 2.05) is 0 Å². The monoisotopic (exact) mass is 422 g/mol. The van der Waals surface area contributed by atoms with Crippen LogP contribution in [0.5, 0.6) is 5.75 Å². The number of cyclic esters (lactones) is 1. The van der Waals surface area contributed by atoms with Gasteiger partial charge in [0.2, 0.25) is 0 Å². The first-order chi connectivity index (χ1) is 14.8. The summed E-state index contributed by atoms with van der Waals surface area (Å²) in [7, 11) is 0. The third kappa shape index (κ3) is 2.81. The Morgan fingerprint density at radius 2 is 2.13 bits per heavy atom. The number of nitrogens with zero attached hydrogens (tertiary/aromatic N) is 2. The first kappa shape index (κ1) is 19.3. The van der Waals surface area contributed by atoms with Crippen LogP contribution >= 0.6 is 0 Å². The van der Waals surface area contributed by atoms with Gasteiger partial charge in [-0.3, -0.25) is 9.59 Å². The third-order valence-electron chi connectivity index (χ3n) is 5.79. The number of esters is 2. The van der Waals surface area contributed by atoms with Crippen molar-refractivity contribution in [3.63, 3.8) is 0 Å². The Labute approximate surface area is 175 Å². The second-order valence-corrected chi connectivity index (χ2v) is 7.68. The molecule has 2 N–H and O–H groups in total. The highest BCUT2D eigenvalue weighted by molar-refractivity contribution is 5.89. The number of carbonyl (C=O) groups excluding carboxylic acids is 2. The van der Waals surface area contributed by atoms with Gasteiger partial charge in [0, 0.05) is 29.9 Å². The lowest BCUT2D eigenvalue weighted by atomic mass is 9.85. The molecule has 0 amide bonds. The Morgan fingerprint density at radius 3 is 2.90 bits per heavy atom. The maximum atomic E-state index is 13.2. The van der Waals surface area contributed by atoms with Crippen LogP contribution in [0.2, 0.25) is 0 Å². The van der Waals surface area contributed by atoms with E-state index < -0.39 is 23.1 Å². The van der Waals surface area contributed by atoms with Crippen LogP contribution in [-0.4, -0.2) is 38.3 Å². The summed E-state index contributed by atoms with van der Waals surface area (Å²) >= 11 is 0. The Kier molecular flexibility index (Phi) is 4.13. The summed E-state index contributed by atoms with van der Waals surface area (Å²) in [6.07, 6.45) is -0.243. The molecule has 0 fully saturated rings. The fourth-order valence-corrected chi connectivity index (χ4v) is 4.23. The van der Waals surface area contributed by atoms with Crippen molar-refractivity contribution in [1.29, 1.82) is 0 Å². The molecule has 1 atom stereocenters. The van der Waals surface area contributed by atoms with E-state index in [1.165, 1.54) is 11.5 Å². The molecular weight excluding hydrogens is 404 g/mol. The van der Waals surface area contributed by atoms with Gasteiger partial charge >= 0.3 is 11.9 Å². The zero-order valence-electron chi connectivity index (χ0n) is 16.5. The van der Waals surface area contributed by atoms with Crippen molar-refractivity contribution in [1.82, 2.24) is 9.55 Å². The molecular formula is C22H18N2O7. The van der Waals surface area contributed by atoms with Crippen molar-refractivity contribution >= 4 is 22.8 Å². The van der Waals surface area contributed by atoms with Crippen LogP contribution in [0.15, 0.2) is 35.1 Å². The third-order valence-corrected chi connectivity index (χ3v) is 5.79. The molecule has 9 heteroatoms. The molecule has 4 heterocycles. The minimum Gasteiger partial charge on any atom is -0.507 e. The minimum absolute atomic E-state index is 0.0919. The fourth-order valence-electron chi connectivity index (χ4n) is 4.23. The summed E-state index contributed by atoms with van der Waals surface area (Å²) < 4.78 is 11.5. The number of rotatable bonds is 3. The van der Waals surface area contributed by atoms with Crippen molar-refractivity contribution in [2.45, 2.75) is 32.1 Å². The Hall–Kier alpha value is -3.72. The number of aromatic nitrogens is 2. The lowest BCUT2D eigenvalue weighted by Gasteiger charge is -2.32. The van der Waals surface area contributed by atoms with Gasteiger partial charge in [0.15, 0.2) is 5.60 Å². The lowest BCUT2D eigenvalue weighted by molar-refractivity contribution is -0.175. The highest BCUT2D eigenvalue weighted by Gasteiger charge is 2.46. The highest BCUT2D eigenvalue weighted by atomic mass is 16.6. The number of phenols is 1. The minimum atomic E-state index is -2.12. The molecule has 9 nitrogen and oxygen atoms in total. The molecule has 0 bridgehead atoms. The number of hydrogen-bond acceptors (Lipinski definition) is 8. The number of ether oxygens (including phenoxy) is 2. The van der Waals surface area contributed by atoms with Crippen LogP contribution in [-0.2, 0) is 37.8 Å². The van der Waals surface area contributed by atoms with Crippen LogP contribution in [0.3, 0.4) is 0 Å². The molecule has 3 aromatic rings. The maximum absolute atomic E-state index is 13.2. The van der Waals surface area contributed by atoms with E-state index in [9.17, 15) is 24.6 Å². The number of hydrogen-bond donors (Lipinski definition) is 2. The molecule has 158 valence electrons. The van der Waals surface area contributed by atoms with Crippen molar-refractivity contribution in [3.05, 3.63) is 57.4 Å².